The molecule has 0 saturated carbocycles. The van der Waals surface area contributed by atoms with Crippen LogP contribution in [0.3, 0.4) is 0 Å². The summed E-state index contributed by atoms with van der Waals surface area (Å²) in [6, 6.07) is 6.11. The smallest absolute Gasteiger partial charge is 0.137 e. The van der Waals surface area contributed by atoms with Gasteiger partial charge in [-0.1, -0.05) is 12.1 Å². The highest BCUT2D eigenvalue weighted by molar-refractivity contribution is 7.11. The van der Waals surface area contributed by atoms with E-state index >= 15 is 0 Å². The van der Waals surface area contributed by atoms with Crippen LogP contribution in [0.25, 0.3) is 5.70 Å². The maximum atomic E-state index is 8.86. The van der Waals surface area contributed by atoms with Gasteiger partial charge in [0.15, 0.2) is 0 Å². The third kappa shape index (κ3) is 1.81. The van der Waals surface area contributed by atoms with Gasteiger partial charge in [-0.15, -0.1) is 11.3 Å². The number of hydrogen-bond acceptors (Lipinski definition) is 4. The van der Waals surface area contributed by atoms with Crippen molar-refractivity contribution in [3.05, 3.63) is 64.7 Å². The van der Waals surface area contributed by atoms with E-state index in [0.29, 0.717) is 0 Å². The molecule has 3 heterocycles. The lowest BCUT2D eigenvalue weighted by Crippen LogP contribution is -2.26. The molecule has 0 spiro atoms. The van der Waals surface area contributed by atoms with Crippen molar-refractivity contribution in [2.45, 2.75) is 0 Å². The van der Waals surface area contributed by atoms with Gasteiger partial charge in [0, 0.05) is 12.3 Å². The maximum absolute atomic E-state index is 8.86. The molecule has 0 amide bonds. The van der Waals surface area contributed by atoms with E-state index in [0.717, 1.165) is 22.1 Å². The van der Waals surface area contributed by atoms with Gasteiger partial charge in [0.05, 0.1) is 22.3 Å². The topological polar surface area (TPSA) is 39.4 Å². The molecule has 3 rings (SSSR count). The second-order valence-corrected chi connectivity index (χ2v) is 4.69. The zero-order valence-corrected chi connectivity index (χ0v) is 10.3. The van der Waals surface area contributed by atoms with E-state index in [1.54, 1.807) is 11.3 Å². The largest absolute Gasteiger partial charge is 0.301 e. The van der Waals surface area contributed by atoms with E-state index in [9.17, 15) is 0 Å². The highest BCUT2D eigenvalue weighted by Crippen LogP contribution is 2.29. The van der Waals surface area contributed by atoms with Gasteiger partial charge >= 0.3 is 0 Å². The van der Waals surface area contributed by atoms with Crippen LogP contribution in [-0.2, 0) is 0 Å². The third-order valence-electron chi connectivity index (χ3n) is 2.62. The molecule has 1 aromatic rings. The number of hydrogen-bond donors (Lipinski definition) is 0. The van der Waals surface area contributed by atoms with Gasteiger partial charge in [-0.05, 0) is 29.7 Å². The number of fused-ring (bicyclic) bond motifs is 1. The number of thiophene rings is 1. The summed E-state index contributed by atoms with van der Waals surface area (Å²) in [4.78, 5) is 7.61. The Morgan fingerprint density at radius 2 is 2.33 bits per heavy atom. The van der Waals surface area contributed by atoms with Crippen molar-refractivity contribution in [3.8, 4) is 6.07 Å². The van der Waals surface area contributed by atoms with Crippen molar-refractivity contribution in [1.29, 1.82) is 5.26 Å². The predicted molar refractivity (Wildman–Crippen MR) is 73.5 cm³/mol. The normalized spacial score (nSPS) is 19.3. The van der Waals surface area contributed by atoms with E-state index < -0.39 is 0 Å². The Balaban J connectivity index is 2.10. The van der Waals surface area contributed by atoms with E-state index in [4.69, 9.17) is 5.26 Å². The van der Waals surface area contributed by atoms with E-state index in [-0.39, 0.29) is 0 Å². The van der Waals surface area contributed by atoms with Crippen LogP contribution < -0.4 is 0 Å². The Morgan fingerprint density at radius 1 is 1.39 bits per heavy atom. The number of allylic oxidation sites excluding steroid dienone is 4. The van der Waals surface area contributed by atoms with Gasteiger partial charge in [0.25, 0.3) is 0 Å². The summed E-state index contributed by atoms with van der Waals surface area (Å²) in [6.07, 6.45) is 11.2. The minimum atomic E-state index is 0.838. The second kappa shape index (κ2) is 4.47. The van der Waals surface area contributed by atoms with Gasteiger partial charge in [0.1, 0.15) is 5.84 Å². The number of aliphatic imine (C=N–C) groups is 1. The molecule has 3 nitrogen and oxygen atoms in total. The first kappa shape index (κ1) is 10.8. The van der Waals surface area contributed by atoms with Crippen LogP contribution in [0.4, 0.5) is 0 Å². The Hall–Kier alpha value is -2.38. The summed E-state index contributed by atoms with van der Waals surface area (Å²) < 4.78 is 0. The van der Waals surface area contributed by atoms with Crippen LogP contribution in [0.1, 0.15) is 4.88 Å². The molecule has 18 heavy (non-hydrogen) atoms. The quantitative estimate of drug-likeness (QED) is 0.718. The molecule has 0 aromatic carbocycles. The molecule has 0 fully saturated rings. The molecule has 2 aliphatic rings. The summed E-state index contributed by atoms with van der Waals surface area (Å²) >= 11 is 1.64. The fourth-order valence-electron chi connectivity index (χ4n) is 1.84. The van der Waals surface area contributed by atoms with Crippen LogP contribution in [0.2, 0.25) is 0 Å². The molecule has 0 radical (unpaired) electrons. The van der Waals surface area contributed by atoms with Gasteiger partial charge in [-0.2, -0.15) is 5.26 Å². The molecule has 1 aromatic heterocycles. The number of amidine groups is 1. The predicted octanol–water partition coefficient (Wildman–Crippen LogP) is 3.29. The van der Waals surface area contributed by atoms with Crippen molar-refractivity contribution in [2.24, 2.45) is 4.99 Å². The van der Waals surface area contributed by atoms with Crippen LogP contribution in [-0.4, -0.2) is 10.7 Å². The molecular formula is C14H9N3S. The van der Waals surface area contributed by atoms with E-state index in [1.807, 2.05) is 52.9 Å². The van der Waals surface area contributed by atoms with Crippen molar-refractivity contribution in [2.75, 3.05) is 0 Å². The minimum Gasteiger partial charge on any atom is -0.301 e. The van der Waals surface area contributed by atoms with Crippen molar-refractivity contribution in [1.82, 2.24) is 4.90 Å². The van der Waals surface area contributed by atoms with E-state index in [1.165, 1.54) is 6.08 Å². The molecule has 0 saturated heterocycles. The van der Waals surface area contributed by atoms with Gasteiger partial charge in [0.2, 0.25) is 0 Å². The SMILES string of the molecule is N#CC=C1C=C(c2cccs2)N=C2C=CC=CN12. The monoisotopic (exact) mass is 251 g/mol. The zero-order chi connectivity index (χ0) is 12.4. The summed E-state index contributed by atoms with van der Waals surface area (Å²) in [7, 11) is 0. The summed E-state index contributed by atoms with van der Waals surface area (Å²) in [6.45, 7) is 0. The lowest BCUT2D eigenvalue weighted by Gasteiger charge is -2.26. The minimum absolute atomic E-state index is 0.838. The van der Waals surface area contributed by atoms with Crippen LogP contribution in [0, 0.1) is 11.3 Å². The van der Waals surface area contributed by atoms with E-state index in [2.05, 4.69) is 11.1 Å². The fourth-order valence-corrected chi connectivity index (χ4v) is 2.52. The fraction of sp³-hybridized carbons (Fsp3) is 0. The molecule has 0 N–H and O–H groups in total. The Bertz CT molecular complexity index is 652. The highest BCUT2D eigenvalue weighted by Gasteiger charge is 2.19. The maximum Gasteiger partial charge on any atom is 0.137 e. The standard InChI is InChI=1S/C14H9N3S/c15-7-6-11-10-12(13-4-3-9-18-13)16-14-5-1-2-8-17(11)14/h1-6,8-10H. The summed E-state index contributed by atoms with van der Waals surface area (Å²) in [5, 5.41) is 10.9. The molecule has 0 aliphatic carbocycles. The molecular weight excluding hydrogens is 242 g/mol. The summed E-state index contributed by atoms with van der Waals surface area (Å²) in [5.74, 6) is 0.838. The summed E-state index contributed by atoms with van der Waals surface area (Å²) in [5.41, 5.74) is 1.74. The first-order chi connectivity index (χ1) is 8.88. The number of nitriles is 1. The van der Waals surface area contributed by atoms with Crippen LogP contribution in [0.5, 0.6) is 0 Å². The number of nitrogens with zero attached hydrogens (tertiary/aromatic N) is 3. The molecule has 2 aliphatic heterocycles. The van der Waals surface area contributed by atoms with Crippen LogP contribution >= 0.6 is 11.3 Å². The van der Waals surface area contributed by atoms with Crippen LogP contribution in [0.15, 0.2) is 64.8 Å². The third-order valence-corrected chi connectivity index (χ3v) is 3.51. The van der Waals surface area contributed by atoms with Crippen molar-refractivity contribution >= 4 is 22.9 Å². The average molecular weight is 251 g/mol. The Labute approximate surface area is 109 Å². The van der Waals surface area contributed by atoms with Gasteiger partial charge < -0.3 is 4.90 Å². The Kier molecular flexibility index (Phi) is 2.67. The van der Waals surface area contributed by atoms with Crippen molar-refractivity contribution in [3.63, 3.8) is 0 Å². The van der Waals surface area contributed by atoms with Gasteiger partial charge in [-0.3, -0.25) is 0 Å². The lowest BCUT2D eigenvalue weighted by molar-refractivity contribution is 0.707. The number of rotatable bonds is 1. The van der Waals surface area contributed by atoms with Gasteiger partial charge in [-0.25, -0.2) is 4.99 Å². The first-order valence-corrected chi connectivity index (χ1v) is 6.34. The first-order valence-electron chi connectivity index (χ1n) is 5.46. The highest BCUT2D eigenvalue weighted by atomic mass is 32.1. The Morgan fingerprint density at radius 3 is 3.11 bits per heavy atom. The zero-order valence-electron chi connectivity index (χ0n) is 9.45. The molecule has 0 atom stereocenters. The van der Waals surface area contributed by atoms with Crippen molar-refractivity contribution < 1.29 is 0 Å². The lowest BCUT2D eigenvalue weighted by atomic mass is 10.2. The second-order valence-electron chi connectivity index (χ2n) is 3.75. The molecule has 86 valence electrons. The molecule has 0 bridgehead atoms. The molecule has 0 unspecified atom stereocenters. The molecule has 4 heteroatoms. The average Bonchev–Trinajstić information content (AvgIpc) is 2.93.